The summed E-state index contributed by atoms with van der Waals surface area (Å²) < 4.78 is 9.64. The number of hydrogen-bond acceptors (Lipinski definition) is 4. The van der Waals surface area contributed by atoms with Crippen molar-refractivity contribution < 1.29 is 9.47 Å². The van der Waals surface area contributed by atoms with E-state index in [2.05, 4.69) is 0 Å². The molecule has 2 aromatic carbocycles. The number of fused-ring (bicyclic) bond motifs is 1. The van der Waals surface area contributed by atoms with Crippen LogP contribution in [0.4, 0.5) is 0 Å². The second kappa shape index (κ2) is 4.20. The first-order valence-corrected chi connectivity index (χ1v) is 4.50. The van der Waals surface area contributed by atoms with E-state index in [1.54, 1.807) is 36.8 Å². The van der Waals surface area contributed by atoms with Gasteiger partial charge in [-0.1, -0.05) is 24.3 Å². The molecule has 0 saturated heterocycles. The van der Waals surface area contributed by atoms with Gasteiger partial charge in [-0.2, -0.15) is 0 Å². The van der Waals surface area contributed by atoms with Gasteiger partial charge in [0.15, 0.2) is 11.5 Å². The zero-order valence-electron chi connectivity index (χ0n) is 8.18. The van der Waals surface area contributed by atoms with E-state index in [9.17, 15) is 0 Å². The Bertz CT molecular complexity index is 558. The van der Waals surface area contributed by atoms with Gasteiger partial charge in [-0.25, -0.2) is 0 Å². The lowest BCUT2D eigenvalue weighted by molar-refractivity contribution is 0.496. The number of nitriles is 2. The van der Waals surface area contributed by atoms with Crippen LogP contribution in [0.2, 0.25) is 0 Å². The van der Waals surface area contributed by atoms with Crippen molar-refractivity contribution in [1.29, 1.82) is 10.5 Å². The molecule has 0 bridgehead atoms. The van der Waals surface area contributed by atoms with Crippen molar-refractivity contribution in [2.45, 2.75) is 0 Å². The first-order valence-electron chi connectivity index (χ1n) is 4.50. The Labute approximate surface area is 91.9 Å². The topological polar surface area (TPSA) is 66.0 Å². The van der Waals surface area contributed by atoms with Gasteiger partial charge in [0, 0.05) is 0 Å². The highest BCUT2D eigenvalue weighted by Crippen LogP contribution is 2.33. The number of nitrogens with zero attached hydrogens (tertiary/aromatic N) is 2. The van der Waals surface area contributed by atoms with Crippen LogP contribution in [-0.2, 0) is 0 Å². The Morgan fingerprint density at radius 1 is 0.812 bits per heavy atom. The fourth-order valence-corrected chi connectivity index (χ4v) is 1.54. The second-order valence-corrected chi connectivity index (χ2v) is 3.00. The highest BCUT2D eigenvalue weighted by atomic mass is 16.5. The first kappa shape index (κ1) is 9.82. The smallest absolute Gasteiger partial charge is 0.292 e. The molecule has 0 saturated carbocycles. The van der Waals surface area contributed by atoms with E-state index in [1.807, 2.05) is 12.1 Å². The molecule has 2 rings (SSSR count). The molecule has 0 aliphatic carbocycles. The number of benzene rings is 2. The summed E-state index contributed by atoms with van der Waals surface area (Å²) in [6.45, 7) is 0. The summed E-state index contributed by atoms with van der Waals surface area (Å²) in [5, 5.41) is 18.5. The van der Waals surface area contributed by atoms with E-state index in [0.717, 1.165) is 5.39 Å². The lowest BCUT2D eigenvalue weighted by Gasteiger charge is -2.05. The Kier molecular flexibility index (Phi) is 2.58. The van der Waals surface area contributed by atoms with Crippen LogP contribution in [-0.4, -0.2) is 0 Å². The molecule has 0 aliphatic rings. The van der Waals surface area contributed by atoms with Crippen LogP contribution in [0.1, 0.15) is 0 Å². The Balaban J connectivity index is 2.73. The molecule has 4 nitrogen and oxygen atoms in total. The van der Waals surface area contributed by atoms with Gasteiger partial charge >= 0.3 is 0 Å². The van der Waals surface area contributed by atoms with Crippen LogP contribution in [0.3, 0.4) is 0 Å². The molecule has 0 aromatic heterocycles. The van der Waals surface area contributed by atoms with Gasteiger partial charge in [-0.3, -0.25) is 0 Å². The maximum atomic E-state index is 8.52. The van der Waals surface area contributed by atoms with Crippen molar-refractivity contribution in [3.05, 3.63) is 36.4 Å². The van der Waals surface area contributed by atoms with E-state index in [0.29, 0.717) is 16.9 Å². The fraction of sp³-hybridized carbons (Fsp3) is 0. The highest BCUT2D eigenvalue weighted by molar-refractivity contribution is 5.93. The van der Waals surface area contributed by atoms with Gasteiger partial charge in [-0.05, 0) is 17.5 Å². The summed E-state index contributed by atoms with van der Waals surface area (Å²) in [6.07, 6.45) is 3.21. The summed E-state index contributed by atoms with van der Waals surface area (Å²) in [5.74, 6) is 0.761. The summed E-state index contributed by atoms with van der Waals surface area (Å²) >= 11 is 0. The van der Waals surface area contributed by atoms with Gasteiger partial charge in [0.2, 0.25) is 0 Å². The molecule has 4 heteroatoms. The lowest BCUT2D eigenvalue weighted by atomic mass is 10.1. The van der Waals surface area contributed by atoms with E-state index < -0.39 is 0 Å². The summed E-state index contributed by atoms with van der Waals surface area (Å²) in [4.78, 5) is 0. The van der Waals surface area contributed by atoms with Gasteiger partial charge < -0.3 is 9.47 Å². The third-order valence-electron chi connectivity index (χ3n) is 2.14. The third-order valence-corrected chi connectivity index (χ3v) is 2.14. The molecule has 0 heterocycles. The van der Waals surface area contributed by atoms with Crippen molar-refractivity contribution in [1.82, 2.24) is 0 Å². The van der Waals surface area contributed by atoms with Crippen LogP contribution in [0, 0.1) is 23.0 Å². The van der Waals surface area contributed by atoms with Crippen LogP contribution >= 0.6 is 0 Å². The Hall–Kier alpha value is -2.72. The predicted octanol–water partition coefficient (Wildman–Crippen LogP) is 2.56. The fourth-order valence-electron chi connectivity index (χ4n) is 1.54. The summed E-state index contributed by atoms with van der Waals surface area (Å²) in [5.41, 5.74) is 0. The van der Waals surface area contributed by atoms with E-state index in [-0.39, 0.29) is 0 Å². The molecule has 16 heavy (non-hydrogen) atoms. The quantitative estimate of drug-likeness (QED) is 0.714. The van der Waals surface area contributed by atoms with Crippen LogP contribution < -0.4 is 9.47 Å². The number of rotatable bonds is 2. The molecule has 76 valence electrons. The van der Waals surface area contributed by atoms with Gasteiger partial charge in [0.1, 0.15) is 0 Å². The lowest BCUT2D eigenvalue weighted by Crippen LogP contribution is -1.88. The van der Waals surface area contributed by atoms with E-state index in [1.165, 1.54) is 0 Å². The molecular formula is C12H6N2O2. The van der Waals surface area contributed by atoms with Crippen LogP contribution in [0.15, 0.2) is 36.4 Å². The average Bonchev–Trinajstić information content (AvgIpc) is 2.30. The minimum atomic E-state index is 0.380. The van der Waals surface area contributed by atoms with Gasteiger partial charge in [0.05, 0.1) is 5.39 Å². The average molecular weight is 210 g/mol. The predicted molar refractivity (Wildman–Crippen MR) is 56.4 cm³/mol. The molecule has 0 N–H and O–H groups in total. The maximum absolute atomic E-state index is 8.52. The molecule has 0 aliphatic heterocycles. The molecule has 0 atom stereocenters. The van der Waals surface area contributed by atoms with Crippen molar-refractivity contribution in [3.63, 3.8) is 0 Å². The second-order valence-electron chi connectivity index (χ2n) is 3.00. The number of ether oxygens (including phenoxy) is 2. The first-order chi connectivity index (χ1) is 7.86. The normalized spacial score (nSPS) is 9.12. The largest absolute Gasteiger partial charge is 0.387 e. The van der Waals surface area contributed by atoms with Crippen LogP contribution in [0.25, 0.3) is 10.8 Å². The molecule has 0 amide bonds. The highest BCUT2D eigenvalue weighted by Gasteiger charge is 2.08. The third kappa shape index (κ3) is 1.60. The van der Waals surface area contributed by atoms with E-state index in [4.69, 9.17) is 20.0 Å². The summed E-state index contributed by atoms with van der Waals surface area (Å²) in [7, 11) is 0. The van der Waals surface area contributed by atoms with Crippen molar-refractivity contribution in [2.75, 3.05) is 0 Å². The molecule has 0 radical (unpaired) electrons. The molecule has 0 unspecified atom stereocenters. The minimum absolute atomic E-state index is 0.380. The minimum Gasteiger partial charge on any atom is -0.387 e. The van der Waals surface area contributed by atoms with Gasteiger partial charge in [-0.15, -0.1) is 10.5 Å². The molecule has 2 aromatic rings. The van der Waals surface area contributed by atoms with Crippen molar-refractivity contribution in [3.8, 4) is 24.0 Å². The Morgan fingerprint density at radius 3 is 1.75 bits per heavy atom. The van der Waals surface area contributed by atoms with Crippen LogP contribution in [0.5, 0.6) is 11.5 Å². The molecular weight excluding hydrogens is 204 g/mol. The van der Waals surface area contributed by atoms with Crippen molar-refractivity contribution >= 4 is 10.8 Å². The standard InChI is InChI=1S/C12H6N2O2/c13-7-15-10-5-1-3-9-4-2-6-11(12(9)10)16-8-14/h1-6H. The van der Waals surface area contributed by atoms with E-state index >= 15 is 0 Å². The maximum Gasteiger partial charge on any atom is 0.292 e. The van der Waals surface area contributed by atoms with Crippen molar-refractivity contribution in [2.24, 2.45) is 0 Å². The Morgan fingerprint density at radius 2 is 1.31 bits per heavy atom. The molecule has 0 fully saturated rings. The summed E-state index contributed by atoms with van der Waals surface area (Å²) in [6, 6.07) is 10.5. The number of hydrogen-bond donors (Lipinski definition) is 0. The SMILES string of the molecule is N#COc1cccc2cccc(OC#N)c12. The zero-order valence-corrected chi connectivity index (χ0v) is 8.18. The molecule has 0 spiro atoms. The monoisotopic (exact) mass is 210 g/mol. The zero-order chi connectivity index (χ0) is 11.4. The van der Waals surface area contributed by atoms with Gasteiger partial charge in [0.25, 0.3) is 12.5 Å².